The first kappa shape index (κ1) is 17.3. The molecule has 0 radical (unpaired) electrons. The van der Waals surface area contributed by atoms with Crippen LogP contribution in [0, 0.1) is 0 Å². The second kappa shape index (κ2) is 7.45. The van der Waals surface area contributed by atoms with Crippen LogP contribution in [0.4, 0.5) is 5.82 Å². The van der Waals surface area contributed by atoms with Gasteiger partial charge in [-0.2, -0.15) is 0 Å². The van der Waals surface area contributed by atoms with Crippen molar-refractivity contribution in [3.63, 3.8) is 0 Å². The Hall–Kier alpha value is -1.09. The van der Waals surface area contributed by atoms with Crippen LogP contribution in [0.3, 0.4) is 0 Å². The first-order chi connectivity index (χ1) is 10.4. The molecule has 1 saturated heterocycles. The Morgan fingerprint density at radius 3 is 2.36 bits per heavy atom. The van der Waals surface area contributed by atoms with Crippen molar-refractivity contribution in [1.29, 1.82) is 0 Å². The van der Waals surface area contributed by atoms with Crippen LogP contribution in [0.15, 0.2) is 18.3 Å². The Labute approximate surface area is 136 Å². The maximum atomic E-state index is 4.79. The second-order valence-electron chi connectivity index (χ2n) is 7.35. The largest absolute Gasteiger partial charge is 0.351 e. The summed E-state index contributed by atoms with van der Waals surface area (Å²) in [4.78, 5) is 9.91. The molecule has 1 aliphatic rings. The smallest absolute Gasteiger partial charge is 0.133 e. The van der Waals surface area contributed by atoms with Gasteiger partial charge in [-0.15, -0.1) is 0 Å². The van der Waals surface area contributed by atoms with Gasteiger partial charge in [-0.25, -0.2) is 4.98 Å². The lowest BCUT2D eigenvalue weighted by Gasteiger charge is -2.41. The summed E-state index contributed by atoms with van der Waals surface area (Å²) in [5.41, 5.74) is 1.42. The summed E-state index contributed by atoms with van der Waals surface area (Å²) in [7, 11) is 0. The zero-order valence-corrected chi connectivity index (χ0v) is 15.2. The van der Waals surface area contributed by atoms with Crippen molar-refractivity contribution in [3.05, 3.63) is 23.9 Å². The van der Waals surface area contributed by atoms with Gasteiger partial charge in [0.25, 0.3) is 0 Å². The van der Waals surface area contributed by atoms with Crippen LogP contribution in [0.2, 0.25) is 0 Å². The van der Waals surface area contributed by atoms with E-state index in [0.717, 1.165) is 0 Å². The summed E-state index contributed by atoms with van der Waals surface area (Å²) >= 11 is 0. The van der Waals surface area contributed by atoms with Crippen LogP contribution in [-0.2, 0) is 0 Å². The van der Waals surface area contributed by atoms with Crippen LogP contribution in [0.1, 0.15) is 72.4 Å². The normalized spacial score (nSPS) is 20.1. The fourth-order valence-electron chi connectivity index (χ4n) is 3.88. The SMILES string of the molecule is CC(C)N(c1ncccc1[C@H]1CCCCN1C(C)C)C(C)C. The van der Waals surface area contributed by atoms with Crippen LogP contribution in [0.25, 0.3) is 0 Å². The zero-order chi connectivity index (χ0) is 16.3. The lowest BCUT2D eigenvalue weighted by atomic mass is 9.93. The molecule has 3 nitrogen and oxygen atoms in total. The minimum Gasteiger partial charge on any atom is -0.351 e. The predicted octanol–water partition coefficient (Wildman–Crippen LogP) is 4.64. The Bertz CT molecular complexity index is 460. The number of anilines is 1. The van der Waals surface area contributed by atoms with Crippen molar-refractivity contribution in [3.8, 4) is 0 Å². The number of rotatable bonds is 5. The van der Waals surface area contributed by atoms with Crippen LogP contribution < -0.4 is 4.90 Å². The van der Waals surface area contributed by atoms with Crippen molar-refractivity contribution in [2.75, 3.05) is 11.4 Å². The van der Waals surface area contributed by atoms with Gasteiger partial charge in [0.2, 0.25) is 0 Å². The molecule has 2 rings (SSSR count). The molecule has 0 amide bonds. The van der Waals surface area contributed by atoms with E-state index in [-0.39, 0.29) is 0 Å². The number of aromatic nitrogens is 1. The lowest BCUT2D eigenvalue weighted by Crippen LogP contribution is -2.42. The molecule has 0 bridgehead atoms. The highest BCUT2D eigenvalue weighted by Crippen LogP contribution is 2.37. The number of hydrogen-bond donors (Lipinski definition) is 0. The topological polar surface area (TPSA) is 19.4 Å². The maximum Gasteiger partial charge on any atom is 0.133 e. The molecule has 1 atom stereocenters. The second-order valence-corrected chi connectivity index (χ2v) is 7.35. The van der Waals surface area contributed by atoms with E-state index in [9.17, 15) is 0 Å². The highest BCUT2D eigenvalue weighted by molar-refractivity contribution is 5.50. The summed E-state index contributed by atoms with van der Waals surface area (Å²) in [5, 5.41) is 0. The van der Waals surface area contributed by atoms with Gasteiger partial charge in [0.15, 0.2) is 0 Å². The molecular formula is C19H33N3. The maximum absolute atomic E-state index is 4.79. The third kappa shape index (κ3) is 3.62. The molecule has 0 unspecified atom stereocenters. The summed E-state index contributed by atoms with van der Waals surface area (Å²) in [6.07, 6.45) is 5.84. The molecular weight excluding hydrogens is 270 g/mol. The van der Waals surface area contributed by atoms with E-state index in [1.165, 1.54) is 37.2 Å². The molecule has 0 saturated carbocycles. The van der Waals surface area contributed by atoms with E-state index in [4.69, 9.17) is 4.98 Å². The van der Waals surface area contributed by atoms with E-state index in [1.807, 2.05) is 6.20 Å². The number of piperidine rings is 1. The summed E-state index contributed by atoms with van der Waals surface area (Å²) in [6.45, 7) is 14.9. The molecule has 2 heterocycles. The van der Waals surface area contributed by atoms with E-state index >= 15 is 0 Å². The van der Waals surface area contributed by atoms with Gasteiger partial charge >= 0.3 is 0 Å². The third-order valence-electron chi connectivity index (χ3n) is 4.74. The van der Waals surface area contributed by atoms with Gasteiger partial charge in [-0.05, 0) is 67.0 Å². The quantitative estimate of drug-likeness (QED) is 0.790. The van der Waals surface area contributed by atoms with Gasteiger partial charge < -0.3 is 4.90 Å². The molecule has 1 fully saturated rings. The van der Waals surface area contributed by atoms with Crippen molar-refractivity contribution in [2.45, 2.75) is 85.0 Å². The van der Waals surface area contributed by atoms with Crippen molar-refractivity contribution in [1.82, 2.24) is 9.88 Å². The van der Waals surface area contributed by atoms with Gasteiger partial charge in [0.1, 0.15) is 5.82 Å². The first-order valence-corrected chi connectivity index (χ1v) is 8.92. The van der Waals surface area contributed by atoms with Gasteiger partial charge in [0, 0.05) is 35.9 Å². The van der Waals surface area contributed by atoms with Crippen molar-refractivity contribution >= 4 is 5.82 Å². The number of nitrogens with zero attached hydrogens (tertiary/aromatic N) is 3. The van der Waals surface area contributed by atoms with Crippen molar-refractivity contribution < 1.29 is 0 Å². The predicted molar refractivity (Wildman–Crippen MR) is 95.4 cm³/mol. The van der Waals surface area contributed by atoms with Crippen LogP contribution >= 0.6 is 0 Å². The molecule has 0 spiro atoms. The zero-order valence-electron chi connectivity index (χ0n) is 15.2. The molecule has 1 aliphatic heterocycles. The summed E-state index contributed by atoms with van der Waals surface area (Å²) in [5.74, 6) is 1.19. The molecule has 0 aromatic carbocycles. The molecule has 3 heteroatoms. The molecule has 124 valence electrons. The average Bonchev–Trinajstić information content (AvgIpc) is 2.47. The lowest BCUT2D eigenvalue weighted by molar-refractivity contribution is 0.112. The van der Waals surface area contributed by atoms with Crippen LogP contribution in [0.5, 0.6) is 0 Å². The van der Waals surface area contributed by atoms with E-state index in [0.29, 0.717) is 24.2 Å². The monoisotopic (exact) mass is 303 g/mol. The molecule has 22 heavy (non-hydrogen) atoms. The molecule has 1 aromatic heterocycles. The Morgan fingerprint density at radius 1 is 1.09 bits per heavy atom. The Kier molecular flexibility index (Phi) is 5.85. The molecule has 0 N–H and O–H groups in total. The third-order valence-corrected chi connectivity index (χ3v) is 4.74. The highest BCUT2D eigenvalue weighted by Gasteiger charge is 2.30. The Morgan fingerprint density at radius 2 is 1.77 bits per heavy atom. The van der Waals surface area contributed by atoms with Gasteiger partial charge in [-0.3, -0.25) is 4.90 Å². The van der Waals surface area contributed by atoms with Crippen molar-refractivity contribution in [2.24, 2.45) is 0 Å². The fraction of sp³-hybridized carbons (Fsp3) is 0.737. The minimum absolute atomic E-state index is 0.463. The van der Waals surface area contributed by atoms with E-state index in [1.54, 1.807) is 0 Å². The average molecular weight is 303 g/mol. The standard InChI is InChI=1S/C19H33N3/c1-14(2)21-13-8-7-11-18(21)17-10-9-12-20-19(17)22(15(3)4)16(5)6/h9-10,12,14-16,18H,7-8,11,13H2,1-6H3/t18-/m1/s1. The van der Waals surface area contributed by atoms with Crippen LogP contribution in [-0.4, -0.2) is 34.6 Å². The number of hydrogen-bond acceptors (Lipinski definition) is 3. The fourth-order valence-corrected chi connectivity index (χ4v) is 3.88. The first-order valence-electron chi connectivity index (χ1n) is 8.92. The van der Waals surface area contributed by atoms with Gasteiger partial charge in [0.05, 0.1) is 0 Å². The molecule has 1 aromatic rings. The summed E-state index contributed by atoms with van der Waals surface area (Å²) < 4.78 is 0. The van der Waals surface area contributed by atoms with E-state index < -0.39 is 0 Å². The number of pyridine rings is 1. The number of likely N-dealkylation sites (tertiary alicyclic amines) is 1. The highest BCUT2D eigenvalue weighted by atomic mass is 15.2. The van der Waals surface area contributed by atoms with Gasteiger partial charge in [-0.1, -0.05) is 12.5 Å². The summed E-state index contributed by atoms with van der Waals surface area (Å²) in [6, 6.07) is 6.42. The Balaban J connectivity index is 2.42. The molecule has 0 aliphatic carbocycles. The van der Waals surface area contributed by atoms with E-state index in [2.05, 4.69) is 63.5 Å². The minimum atomic E-state index is 0.463.